The van der Waals surface area contributed by atoms with E-state index in [0.29, 0.717) is 25.1 Å². The van der Waals surface area contributed by atoms with Gasteiger partial charge >= 0.3 is 0 Å². The molecule has 0 spiro atoms. The Morgan fingerprint density at radius 2 is 1.64 bits per heavy atom. The molecule has 1 aromatic heterocycles. The lowest BCUT2D eigenvalue weighted by molar-refractivity contribution is 0.312. The van der Waals surface area contributed by atoms with Gasteiger partial charge in [-0.15, -0.1) is 0 Å². The molecule has 4 rings (SSSR count). The minimum atomic E-state index is -3.61. The van der Waals surface area contributed by atoms with E-state index in [9.17, 15) is 8.42 Å². The molecule has 4 aromatic rings. The molecule has 0 aliphatic rings. The number of pyridine rings is 1. The molecular weight excluding hydrogens is 434 g/mol. The fourth-order valence-electron chi connectivity index (χ4n) is 3.64. The van der Waals surface area contributed by atoms with Gasteiger partial charge in [0.1, 0.15) is 12.4 Å². The highest BCUT2D eigenvalue weighted by molar-refractivity contribution is 7.89. The van der Waals surface area contributed by atoms with Crippen LogP contribution in [0.2, 0.25) is 0 Å². The second kappa shape index (κ2) is 11.0. The molecule has 1 heterocycles. The Hall–Kier alpha value is -3.26. The number of para-hydroxylation sites is 1. The second-order valence-electron chi connectivity index (χ2n) is 7.62. The molecule has 33 heavy (non-hydrogen) atoms. The molecule has 0 amide bonds. The van der Waals surface area contributed by atoms with Gasteiger partial charge < -0.3 is 10.1 Å². The van der Waals surface area contributed by atoms with Crippen LogP contribution in [0.5, 0.6) is 5.75 Å². The predicted molar refractivity (Wildman–Crippen MR) is 131 cm³/mol. The molecule has 0 unspecified atom stereocenters. The summed E-state index contributed by atoms with van der Waals surface area (Å²) in [7, 11) is -3.61. The molecule has 0 atom stereocenters. The van der Waals surface area contributed by atoms with Crippen molar-refractivity contribution in [2.75, 3.05) is 26.2 Å². The van der Waals surface area contributed by atoms with Crippen LogP contribution in [0.25, 0.3) is 10.8 Å². The van der Waals surface area contributed by atoms with E-state index in [0.717, 1.165) is 23.1 Å². The van der Waals surface area contributed by atoms with Gasteiger partial charge in [0.25, 0.3) is 0 Å². The number of ether oxygens (including phenoxy) is 1. The zero-order chi connectivity index (χ0) is 22.9. The summed E-state index contributed by atoms with van der Waals surface area (Å²) in [5.74, 6) is 0.870. The van der Waals surface area contributed by atoms with Gasteiger partial charge in [-0.1, -0.05) is 60.7 Å². The number of nitrogens with zero attached hydrogens (tertiary/aromatic N) is 1. The SMILES string of the molecule is O=S(=O)(NCCNCCOc1ccccc1Cc1ccccc1)c1cccc2cnccc12. The topological polar surface area (TPSA) is 80.3 Å². The van der Waals surface area contributed by atoms with Crippen LogP contribution in [0, 0.1) is 0 Å². The van der Waals surface area contributed by atoms with Gasteiger partial charge in [0.05, 0.1) is 4.90 Å². The number of sulfonamides is 1. The molecular formula is C26H27N3O3S. The van der Waals surface area contributed by atoms with Crippen molar-refractivity contribution in [1.29, 1.82) is 0 Å². The maximum absolute atomic E-state index is 12.7. The number of benzene rings is 3. The third-order valence-corrected chi connectivity index (χ3v) is 6.79. The molecule has 7 heteroatoms. The van der Waals surface area contributed by atoms with Crippen molar-refractivity contribution in [3.63, 3.8) is 0 Å². The number of rotatable bonds is 11. The molecule has 2 N–H and O–H groups in total. The normalized spacial score (nSPS) is 11.5. The lowest BCUT2D eigenvalue weighted by atomic mass is 10.0. The predicted octanol–water partition coefficient (Wildman–Crippen LogP) is 3.77. The molecule has 0 aliphatic heterocycles. The van der Waals surface area contributed by atoms with E-state index < -0.39 is 10.0 Å². The van der Waals surface area contributed by atoms with Gasteiger partial charge in [-0.05, 0) is 29.3 Å². The first kappa shape index (κ1) is 22.9. The van der Waals surface area contributed by atoms with Crippen molar-refractivity contribution in [1.82, 2.24) is 15.0 Å². The standard InChI is InChI=1S/C26H27N3O3S/c30-33(31,26-12-6-10-23-20-28-14-13-24(23)26)29-16-15-27-17-18-32-25-11-5-4-9-22(25)19-21-7-2-1-3-8-21/h1-14,20,27,29H,15-19H2. The van der Waals surface area contributed by atoms with Crippen molar-refractivity contribution in [3.05, 3.63) is 102 Å². The molecule has 6 nitrogen and oxygen atoms in total. The number of hydrogen-bond acceptors (Lipinski definition) is 5. The number of aromatic nitrogens is 1. The number of fused-ring (bicyclic) bond motifs is 1. The maximum atomic E-state index is 12.7. The third kappa shape index (κ3) is 6.16. The van der Waals surface area contributed by atoms with Gasteiger partial charge in [0.2, 0.25) is 10.0 Å². The van der Waals surface area contributed by atoms with Crippen LogP contribution < -0.4 is 14.8 Å². The summed E-state index contributed by atoms with van der Waals surface area (Å²) in [5.41, 5.74) is 2.38. The van der Waals surface area contributed by atoms with Crippen LogP contribution in [0.15, 0.2) is 96.2 Å². The molecule has 0 bridgehead atoms. The Bertz CT molecular complexity index is 1290. The Labute approximate surface area is 194 Å². The first-order valence-corrected chi connectivity index (χ1v) is 12.4. The van der Waals surface area contributed by atoms with Gasteiger partial charge in [-0.25, -0.2) is 13.1 Å². The summed E-state index contributed by atoms with van der Waals surface area (Å²) in [6.45, 7) is 1.89. The minimum Gasteiger partial charge on any atom is -0.492 e. The summed E-state index contributed by atoms with van der Waals surface area (Å²) >= 11 is 0. The average Bonchev–Trinajstić information content (AvgIpc) is 2.84. The second-order valence-corrected chi connectivity index (χ2v) is 9.35. The van der Waals surface area contributed by atoms with Crippen LogP contribution in [0.3, 0.4) is 0 Å². The van der Waals surface area contributed by atoms with Gasteiger partial charge in [0, 0.05) is 49.2 Å². The summed E-state index contributed by atoms with van der Waals surface area (Å²) < 4.78 is 34.1. The number of nitrogens with one attached hydrogen (secondary N) is 2. The van der Waals surface area contributed by atoms with Crippen LogP contribution in [-0.2, 0) is 16.4 Å². The monoisotopic (exact) mass is 461 g/mol. The van der Waals surface area contributed by atoms with E-state index in [2.05, 4.69) is 33.2 Å². The maximum Gasteiger partial charge on any atom is 0.241 e. The molecule has 0 saturated heterocycles. The smallest absolute Gasteiger partial charge is 0.241 e. The summed E-state index contributed by atoms with van der Waals surface area (Å²) in [5, 5.41) is 4.68. The Kier molecular flexibility index (Phi) is 7.67. The first-order chi connectivity index (χ1) is 16.1. The van der Waals surface area contributed by atoms with Gasteiger partial charge in [0.15, 0.2) is 0 Å². The highest BCUT2D eigenvalue weighted by atomic mass is 32.2. The largest absolute Gasteiger partial charge is 0.492 e. The van der Waals surface area contributed by atoms with Gasteiger partial charge in [-0.3, -0.25) is 4.98 Å². The first-order valence-electron chi connectivity index (χ1n) is 10.9. The lowest BCUT2D eigenvalue weighted by Gasteiger charge is -2.13. The zero-order valence-electron chi connectivity index (χ0n) is 18.3. The van der Waals surface area contributed by atoms with Crippen LogP contribution in [-0.4, -0.2) is 39.6 Å². The van der Waals surface area contributed by atoms with Crippen molar-refractivity contribution >= 4 is 20.8 Å². The van der Waals surface area contributed by atoms with E-state index in [1.165, 1.54) is 5.56 Å². The quantitative estimate of drug-likeness (QED) is 0.332. The molecule has 3 aromatic carbocycles. The van der Waals surface area contributed by atoms with E-state index in [1.54, 1.807) is 30.6 Å². The third-order valence-electron chi connectivity index (χ3n) is 5.27. The van der Waals surface area contributed by atoms with E-state index in [-0.39, 0.29) is 11.4 Å². The molecule has 0 saturated carbocycles. The molecule has 0 fully saturated rings. The van der Waals surface area contributed by atoms with E-state index >= 15 is 0 Å². The fraction of sp³-hybridized carbons (Fsp3) is 0.192. The highest BCUT2D eigenvalue weighted by Crippen LogP contribution is 2.22. The van der Waals surface area contributed by atoms with Crippen LogP contribution in [0.1, 0.15) is 11.1 Å². The van der Waals surface area contributed by atoms with Crippen molar-refractivity contribution in [2.24, 2.45) is 0 Å². The van der Waals surface area contributed by atoms with E-state index in [4.69, 9.17) is 4.74 Å². The Morgan fingerprint density at radius 1 is 0.818 bits per heavy atom. The Morgan fingerprint density at radius 3 is 2.52 bits per heavy atom. The van der Waals surface area contributed by atoms with Crippen molar-refractivity contribution in [3.8, 4) is 5.75 Å². The van der Waals surface area contributed by atoms with Crippen LogP contribution in [0.4, 0.5) is 0 Å². The minimum absolute atomic E-state index is 0.265. The fourth-order valence-corrected chi connectivity index (χ4v) is 4.90. The van der Waals surface area contributed by atoms with Crippen molar-refractivity contribution < 1.29 is 13.2 Å². The van der Waals surface area contributed by atoms with Crippen molar-refractivity contribution in [2.45, 2.75) is 11.3 Å². The summed E-state index contributed by atoms with van der Waals surface area (Å²) in [6.07, 6.45) is 4.07. The lowest BCUT2D eigenvalue weighted by Crippen LogP contribution is -2.33. The molecule has 170 valence electrons. The zero-order valence-corrected chi connectivity index (χ0v) is 19.1. The summed E-state index contributed by atoms with van der Waals surface area (Å²) in [4.78, 5) is 4.32. The molecule has 0 aliphatic carbocycles. The summed E-state index contributed by atoms with van der Waals surface area (Å²) in [6, 6.07) is 25.2. The number of hydrogen-bond donors (Lipinski definition) is 2. The van der Waals surface area contributed by atoms with E-state index in [1.807, 2.05) is 42.5 Å². The Balaban J connectivity index is 1.22. The average molecular weight is 462 g/mol. The highest BCUT2D eigenvalue weighted by Gasteiger charge is 2.16. The van der Waals surface area contributed by atoms with Gasteiger partial charge in [-0.2, -0.15) is 0 Å². The van der Waals surface area contributed by atoms with Crippen LogP contribution >= 0.6 is 0 Å². The molecule has 0 radical (unpaired) electrons.